The summed E-state index contributed by atoms with van der Waals surface area (Å²) < 4.78 is 13.2. The van der Waals surface area contributed by atoms with Gasteiger partial charge in [-0.2, -0.15) is 0 Å². The Hall–Kier alpha value is -1.06. The Morgan fingerprint density at radius 3 is 2.09 bits per heavy atom. The molecule has 0 unspecified atom stereocenters. The van der Waals surface area contributed by atoms with Gasteiger partial charge >= 0.3 is 5.69 Å². The van der Waals surface area contributed by atoms with Crippen LogP contribution < -0.4 is 5.69 Å². The molecule has 2 N–H and O–H groups in total. The molecule has 0 spiro atoms. The van der Waals surface area contributed by atoms with Crippen molar-refractivity contribution in [2.24, 2.45) is 0 Å². The fourth-order valence-corrected chi connectivity index (χ4v) is 1.07. The lowest BCUT2D eigenvalue weighted by molar-refractivity contribution is 0.214. The second-order valence-corrected chi connectivity index (χ2v) is 3.05. The third-order valence-electron chi connectivity index (χ3n) is 1.51. The summed E-state index contributed by atoms with van der Waals surface area (Å²) in [5, 5.41) is 0. The molecule has 0 aliphatic heterocycles. The number of halogens is 1. The first-order valence-electron chi connectivity index (χ1n) is 3.39. The highest BCUT2D eigenvalue weighted by atomic mass is 19.1. The van der Waals surface area contributed by atoms with Crippen LogP contribution in [0.5, 0.6) is 0 Å². The molecule has 1 aromatic heterocycles. The molecule has 0 saturated heterocycles. The SMILES string of the molecule is Cc1[nH]c(=O)[nH]c1C(C)(C)F. The van der Waals surface area contributed by atoms with Gasteiger partial charge in [0.05, 0.1) is 5.69 Å². The molecule has 4 heteroatoms. The van der Waals surface area contributed by atoms with Gasteiger partial charge in [-0.3, -0.25) is 0 Å². The van der Waals surface area contributed by atoms with E-state index in [4.69, 9.17) is 0 Å². The molecule has 0 fully saturated rings. The van der Waals surface area contributed by atoms with Gasteiger partial charge in [-0.15, -0.1) is 0 Å². The molecule has 62 valence electrons. The summed E-state index contributed by atoms with van der Waals surface area (Å²) in [4.78, 5) is 15.5. The molecule has 3 nitrogen and oxygen atoms in total. The number of alkyl halides is 1. The van der Waals surface area contributed by atoms with E-state index in [1.54, 1.807) is 6.92 Å². The van der Waals surface area contributed by atoms with Gasteiger partial charge < -0.3 is 9.97 Å². The Kier molecular flexibility index (Phi) is 1.62. The number of nitrogens with one attached hydrogen (secondary N) is 2. The molecular formula is C7H11FN2O. The summed E-state index contributed by atoms with van der Waals surface area (Å²) in [5.41, 5.74) is -0.961. The van der Waals surface area contributed by atoms with E-state index in [0.717, 1.165) is 0 Å². The quantitative estimate of drug-likeness (QED) is 0.634. The second-order valence-electron chi connectivity index (χ2n) is 3.05. The maximum Gasteiger partial charge on any atom is 0.323 e. The van der Waals surface area contributed by atoms with Crippen LogP contribution in [0.3, 0.4) is 0 Å². The molecular weight excluding hydrogens is 147 g/mol. The highest BCUT2D eigenvalue weighted by molar-refractivity contribution is 5.15. The van der Waals surface area contributed by atoms with Crippen LogP contribution in [0.25, 0.3) is 0 Å². The molecule has 0 saturated carbocycles. The van der Waals surface area contributed by atoms with E-state index < -0.39 is 5.67 Å². The lowest BCUT2D eigenvalue weighted by atomic mass is 10.1. The number of aromatic nitrogens is 2. The van der Waals surface area contributed by atoms with Crippen LogP contribution in [0.1, 0.15) is 25.2 Å². The summed E-state index contributed by atoms with van der Waals surface area (Å²) in [7, 11) is 0. The van der Waals surface area contributed by atoms with E-state index in [1.165, 1.54) is 13.8 Å². The summed E-state index contributed by atoms with van der Waals surface area (Å²) in [5.74, 6) is 0. The molecule has 0 atom stereocenters. The standard InChI is InChI=1S/C7H11FN2O/c1-4-5(7(2,3)8)10-6(11)9-4/h1-3H3,(H2,9,10,11). The van der Waals surface area contributed by atoms with Gasteiger partial charge in [-0.1, -0.05) is 0 Å². The summed E-state index contributed by atoms with van der Waals surface area (Å²) in [6, 6.07) is 0. The molecule has 1 rings (SSSR count). The van der Waals surface area contributed by atoms with Gasteiger partial charge in [0.2, 0.25) is 0 Å². The van der Waals surface area contributed by atoms with Crippen molar-refractivity contribution in [3.8, 4) is 0 Å². The molecule has 0 aliphatic rings. The minimum absolute atomic E-state index is 0.322. The highest BCUT2D eigenvalue weighted by Crippen LogP contribution is 2.23. The highest BCUT2D eigenvalue weighted by Gasteiger charge is 2.23. The van der Waals surface area contributed by atoms with E-state index in [2.05, 4.69) is 9.97 Å². The van der Waals surface area contributed by atoms with Crippen molar-refractivity contribution in [3.05, 3.63) is 21.9 Å². The van der Waals surface area contributed by atoms with E-state index in [-0.39, 0.29) is 5.69 Å². The van der Waals surface area contributed by atoms with Crippen LogP contribution in [-0.2, 0) is 5.67 Å². The number of aryl methyl sites for hydroxylation is 1. The van der Waals surface area contributed by atoms with Crippen molar-refractivity contribution in [1.82, 2.24) is 9.97 Å². The zero-order valence-corrected chi connectivity index (χ0v) is 6.79. The maximum absolute atomic E-state index is 13.2. The van der Waals surface area contributed by atoms with Crippen LogP contribution >= 0.6 is 0 Å². The van der Waals surface area contributed by atoms with Crippen molar-refractivity contribution in [2.75, 3.05) is 0 Å². The van der Waals surface area contributed by atoms with Crippen LogP contribution in [0.15, 0.2) is 4.79 Å². The summed E-state index contributed by atoms with van der Waals surface area (Å²) in [6.45, 7) is 4.47. The van der Waals surface area contributed by atoms with E-state index >= 15 is 0 Å². The predicted octanol–water partition coefficient (Wildman–Crippen LogP) is 1.22. The topological polar surface area (TPSA) is 48.6 Å². The van der Waals surface area contributed by atoms with Crippen molar-refractivity contribution in [1.29, 1.82) is 0 Å². The van der Waals surface area contributed by atoms with Gasteiger partial charge in [-0.05, 0) is 20.8 Å². The maximum atomic E-state index is 13.2. The molecule has 1 aromatic rings. The van der Waals surface area contributed by atoms with E-state index in [1.807, 2.05) is 0 Å². The number of aromatic amines is 2. The average Bonchev–Trinajstić information content (AvgIpc) is 2.08. The Bertz CT molecular complexity index is 305. The van der Waals surface area contributed by atoms with Crippen LogP contribution in [0.2, 0.25) is 0 Å². The summed E-state index contributed by atoms with van der Waals surface area (Å²) in [6.07, 6.45) is 0. The zero-order chi connectivity index (χ0) is 8.65. The van der Waals surface area contributed by atoms with Gasteiger partial charge in [0.25, 0.3) is 0 Å². The van der Waals surface area contributed by atoms with Crippen molar-refractivity contribution >= 4 is 0 Å². The van der Waals surface area contributed by atoms with Crippen LogP contribution in [0, 0.1) is 6.92 Å². The smallest absolute Gasteiger partial charge is 0.310 e. The fourth-order valence-electron chi connectivity index (χ4n) is 1.07. The number of imidazole rings is 1. The minimum Gasteiger partial charge on any atom is -0.310 e. The molecule has 1 heterocycles. The third kappa shape index (κ3) is 1.50. The van der Waals surface area contributed by atoms with Gasteiger partial charge in [0, 0.05) is 5.69 Å². The monoisotopic (exact) mass is 158 g/mol. The van der Waals surface area contributed by atoms with Gasteiger partial charge in [0.15, 0.2) is 0 Å². The first-order valence-corrected chi connectivity index (χ1v) is 3.39. The summed E-state index contributed by atoms with van der Waals surface area (Å²) >= 11 is 0. The third-order valence-corrected chi connectivity index (χ3v) is 1.51. The number of rotatable bonds is 1. The second kappa shape index (κ2) is 2.22. The Morgan fingerprint density at radius 2 is 1.91 bits per heavy atom. The Labute approximate surface area is 63.6 Å². The molecule has 0 amide bonds. The van der Waals surface area contributed by atoms with E-state index in [0.29, 0.717) is 11.4 Å². The normalized spacial score (nSPS) is 12.0. The largest absolute Gasteiger partial charge is 0.323 e. The molecule has 0 aliphatic carbocycles. The lowest BCUT2D eigenvalue weighted by Crippen LogP contribution is -2.12. The first kappa shape index (κ1) is 8.04. The van der Waals surface area contributed by atoms with Gasteiger partial charge in [-0.25, -0.2) is 9.18 Å². The van der Waals surface area contributed by atoms with E-state index in [9.17, 15) is 9.18 Å². The molecule has 11 heavy (non-hydrogen) atoms. The Balaban J connectivity index is 3.24. The van der Waals surface area contributed by atoms with Gasteiger partial charge in [0.1, 0.15) is 5.67 Å². The lowest BCUT2D eigenvalue weighted by Gasteiger charge is -2.11. The zero-order valence-electron chi connectivity index (χ0n) is 6.79. The minimum atomic E-state index is -1.48. The Morgan fingerprint density at radius 1 is 1.36 bits per heavy atom. The fraction of sp³-hybridized carbons (Fsp3) is 0.571. The molecule has 0 bridgehead atoms. The average molecular weight is 158 g/mol. The number of H-pyrrole nitrogens is 2. The van der Waals surface area contributed by atoms with Crippen molar-refractivity contribution in [2.45, 2.75) is 26.4 Å². The number of hydrogen-bond donors (Lipinski definition) is 2. The van der Waals surface area contributed by atoms with Crippen molar-refractivity contribution < 1.29 is 4.39 Å². The van der Waals surface area contributed by atoms with Crippen LogP contribution in [0.4, 0.5) is 4.39 Å². The van der Waals surface area contributed by atoms with Crippen molar-refractivity contribution in [3.63, 3.8) is 0 Å². The molecule has 0 radical (unpaired) electrons. The molecule has 0 aromatic carbocycles. The number of hydrogen-bond acceptors (Lipinski definition) is 1. The first-order chi connectivity index (χ1) is 4.91. The predicted molar refractivity (Wildman–Crippen MR) is 40.3 cm³/mol. The van der Waals surface area contributed by atoms with Crippen LogP contribution in [-0.4, -0.2) is 9.97 Å².